The van der Waals surface area contributed by atoms with Crippen LogP contribution in [0.15, 0.2) is 22.7 Å². The van der Waals surface area contributed by atoms with Crippen LogP contribution in [-0.2, 0) is 9.31 Å². The van der Waals surface area contributed by atoms with Crippen LogP contribution in [0.4, 0.5) is 0 Å². The third-order valence-electron chi connectivity index (χ3n) is 4.56. The lowest BCUT2D eigenvalue weighted by molar-refractivity contribution is 0.00578. The fourth-order valence-corrected chi connectivity index (χ4v) is 2.97. The summed E-state index contributed by atoms with van der Waals surface area (Å²) in [6.07, 6.45) is 2.59. The maximum atomic E-state index is 6.11. The number of hydrogen-bond acceptors (Lipinski definition) is 2. The molecule has 2 aliphatic rings. The largest absolute Gasteiger partial charge is 0.494 e. The summed E-state index contributed by atoms with van der Waals surface area (Å²) >= 11 is 3.64. The molecular formula is C15H20BBrO2. The summed E-state index contributed by atoms with van der Waals surface area (Å²) in [6, 6.07) is 6.45. The monoisotopic (exact) mass is 322 g/mol. The highest BCUT2D eigenvalue weighted by molar-refractivity contribution is 9.10. The number of benzene rings is 1. The Morgan fingerprint density at radius 1 is 1.11 bits per heavy atom. The van der Waals surface area contributed by atoms with Crippen LogP contribution in [0.5, 0.6) is 0 Å². The molecule has 0 radical (unpaired) electrons. The van der Waals surface area contributed by atoms with Gasteiger partial charge in [-0.05, 0) is 63.5 Å². The van der Waals surface area contributed by atoms with E-state index in [2.05, 4.69) is 61.8 Å². The molecule has 0 unspecified atom stereocenters. The standard InChI is InChI=1S/C15H20BBrO2/c1-14(2)15(3,4)19-16(18-14)11-7-8-13(17)12(9-11)10-5-6-10/h7-10H,5-6H2,1-4H3. The SMILES string of the molecule is CC1(C)OB(c2ccc(Br)c(C3CC3)c2)OC1(C)C. The van der Waals surface area contributed by atoms with Gasteiger partial charge in [0.05, 0.1) is 11.2 Å². The van der Waals surface area contributed by atoms with Gasteiger partial charge in [0.25, 0.3) is 0 Å². The average Bonchev–Trinajstić information content (AvgIpc) is 3.08. The van der Waals surface area contributed by atoms with Gasteiger partial charge in [-0.2, -0.15) is 0 Å². The average molecular weight is 323 g/mol. The van der Waals surface area contributed by atoms with Crippen molar-refractivity contribution in [2.75, 3.05) is 0 Å². The van der Waals surface area contributed by atoms with E-state index >= 15 is 0 Å². The van der Waals surface area contributed by atoms with E-state index in [1.54, 1.807) is 0 Å². The Hall–Kier alpha value is -0.315. The first-order valence-electron chi connectivity index (χ1n) is 6.95. The van der Waals surface area contributed by atoms with Gasteiger partial charge in [0.2, 0.25) is 0 Å². The first kappa shape index (κ1) is 13.7. The predicted octanol–water partition coefficient (Wildman–Crippen LogP) is 3.63. The van der Waals surface area contributed by atoms with E-state index in [0.29, 0.717) is 0 Å². The highest BCUT2D eigenvalue weighted by Crippen LogP contribution is 2.43. The smallest absolute Gasteiger partial charge is 0.399 e. The van der Waals surface area contributed by atoms with Crippen LogP contribution in [0.1, 0.15) is 52.0 Å². The second-order valence-electron chi connectivity index (χ2n) is 6.64. The highest BCUT2D eigenvalue weighted by atomic mass is 79.9. The number of rotatable bonds is 2. The van der Waals surface area contributed by atoms with Crippen LogP contribution in [-0.4, -0.2) is 18.3 Å². The zero-order chi connectivity index (χ0) is 13.8. The normalized spacial score (nSPS) is 24.8. The Morgan fingerprint density at radius 2 is 1.68 bits per heavy atom. The number of halogens is 1. The minimum absolute atomic E-state index is 0.254. The fourth-order valence-electron chi connectivity index (χ4n) is 2.40. The molecule has 2 nitrogen and oxygen atoms in total. The highest BCUT2D eigenvalue weighted by Gasteiger charge is 2.51. The van der Waals surface area contributed by atoms with E-state index in [1.165, 1.54) is 22.9 Å². The summed E-state index contributed by atoms with van der Waals surface area (Å²) in [7, 11) is -0.254. The molecule has 19 heavy (non-hydrogen) atoms. The predicted molar refractivity (Wildman–Crippen MR) is 81.8 cm³/mol. The van der Waals surface area contributed by atoms with E-state index in [1.807, 2.05) is 0 Å². The zero-order valence-electron chi connectivity index (χ0n) is 12.0. The van der Waals surface area contributed by atoms with Crippen molar-refractivity contribution < 1.29 is 9.31 Å². The maximum absolute atomic E-state index is 6.11. The molecule has 0 spiro atoms. The Morgan fingerprint density at radius 3 is 2.21 bits per heavy atom. The zero-order valence-corrected chi connectivity index (χ0v) is 13.6. The van der Waals surface area contributed by atoms with Crippen molar-refractivity contribution in [2.45, 2.75) is 57.7 Å². The summed E-state index contributed by atoms with van der Waals surface area (Å²) in [6.45, 7) is 8.36. The lowest BCUT2D eigenvalue weighted by Crippen LogP contribution is -2.41. The van der Waals surface area contributed by atoms with Gasteiger partial charge in [0.15, 0.2) is 0 Å². The van der Waals surface area contributed by atoms with Crippen molar-refractivity contribution in [2.24, 2.45) is 0 Å². The molecule has 2 fully saturated rings. The molecule has 0 N–H and O–H groups in total. The van der Waals surface area contributed by atoms with Crippen LogP contribution < -0.4 is 5.46 Å². The van der Waals surface area contributed by atoms with Crippen molar-refractivity contribution in [1.82, 2.24) is 0 Å². The van der Waals surface area contributed by atoms with E-state index in [0.717, 1.165) is 11.4 Å². The van der Waals surface area contributed by atoms with Gasteiger partial charge in [-0.25, -0.2) is 0 Å². The van der Waals surface area contributed by atoms with Crippen molar-refractivity contribution in [3.05, 3.63) is 28.2 Å². The van der Waals surface area contributed by atoms with Gasteiger partial charge in [-0.1, -0.05) is 28.1 Å². The summed E-state index contributed by atoms with van der Waals surface area (Å²) < 4.78 is 13.4. The summed E-state index contributed by atoms with van der Waals surface area (Å²) in [5, 5.41) is 0. The molecule has 1 aliphatic carbocycles. The van der Waals surface area contributed by atoms with Crippen LogP contribution >= 0.6 is 15.9 Å². The van der Waals surface area contributed by atoms with Crippen LogP contribution in [0, 0.1) is 0 Å². The van der Waals surface area contributed by atoms with Crippen LogP contribution in [0.3, 0.4) is 0 Å². The van der Waals surface area contributed by atoms with E-state index in [4.69, 9.17) is 9.31 Å². The molecule has 102 valence electrons. The lowest BCUT2D eigenvalue weighted by atomic mass is 9.78. The Bertz CT molecular complexity index is 493. The van der Waals surface area contributed by atoms with Crippen molar-refractivity contribution in [1.29, 1.82) is 0 Å². The fraction of sp³-hybridized carbons (Fsp3) is 0.600. The van der Waals surface area contributed by atoms with E-state index < -0.39 is 0 Å². The van der Waals surface area contributed by atoms with Gasteiger partial charge >= 0.3 is 7.12 Å². The molecule has 1 heterocycles. The van der Waals surface area contributed by atoms with Gasteiger partial charge < -0.3 is 9.31 Å². The quantitative estimate of drug-likeness (QED) is 0.774. The molecule has 1 aromatic rings. The van der Waals surface area contributed by atoms with Crippen LogP contribution in [0.25, 0.3) is 0 Å². The van der Waals surface area contributed by atoms with Crippen LogP contribution in [0.2, 0.25) is 0 Å². The molecule has 1 aromatic carbocycles. The van der Waals surface area contributed by atoms with Gasteiger partial charge in [-0.15, -0.1) is 0 Å². The van der Waals surface area contributed by atoms with Gasteiger partial charge in [0.1, 0.15) is 0 Å². The molecule has 0 aromatic heterocycles. The molecule has 1 saturated heterocycles. The Labute approximate surface area is 124 Å². The third kappa shape index (κ3) is 2.39. The molecular weight excluding hydrogens is 303 g/mol. The molecule has 3 rings (SSSR count). The van der Waals surface area contributed by atoms with Crippen molar-refractivity contribution in [3.8, 4) is 0 Å². The molecule has 1 saturated carbocycles. The second kappa shape index (κ2) is 4.34. The number of hydrogen-bond donors (Lipinski definition) is 0. The first-order chi connectivity index (χ1) is 8.80. The van der Waals surface area contributed by atoms with E-state index in [9.17, 15) is 0 Å². The lowest BCUT2D eigenvalue weighted by Gasteiger charge is -2.32. The summed E-state index contributed by atoms with van der Waals surface area (Å²) in [5.41, 5.74) is 1.98. The summed E-state index contributed by atoms with van der Waals surface area (Å²) in [4.78, 5) is 0. The van der Waals surface area contributed by atoms with Crippen molar-refractivity contribution in [3.63, 3.8) is 0 Å². The minimum atomic E-state index is -0.273. The van der Waals surface area contributed by atoms with Crippen molar-refractivity contribution >= 4 is 28.5 Å². The topological polar surface area (TPSA) is 18.5 Å². The Kier molecular flexibility index (Phi) is 3.12. The minimum Gasteiger partial charge on any atom is -0.399 e. The Balaban J connectivity index is 1.90. The molecule has 1 aliphatic heterocycles. The molecule has 4 heteroatoms. The van der Waals surface area contributed by atoms with Gasteiger partial charge in [-0.3, -0.25) is 0 Å². The van der Waals surface area contributed by atoms with Gasteiger partial charge in [0, 0.05) is 4.47 Å². The second-order valence-corrected chi connectivity index (χ2v) is 7.50. The third-order valence-corrected chi connectivity index (χ3v) is 5.28. The molecule has 0 bridgehead atoms. The van der Waals surface area contributed by atoms with E-state index in [-0.39, 0.29) is 18.3 Å². The summed E-state index contributed by atoms with van der Waals surface area (Å²) in [5.74, 6) is 0.719. The molecule has 0 amide bonds. The maximum Gasteiger partial charge on any atom is 0.494 e. The first-order valence-corrected chi connectivity index (χ1v) is 7.74. The molecule has 0 atom stereocenters.